The van der Waals surface area contributed by atoms with Gasteiger partial charge in [0.1, 0.15) is 12.5 Å². The van der Waals surface area contributed by atoms with Crippen LogP contribution in [0.4, 0.5) is 0 Å². The maximum atomic E-state index is 10.1. The molecule has 136 valence electrons. The summed E-state index contributed by atoms with van der Waals surface area (Å²) in [5.41, 5.74) is 2.01. The van der Waals surface area contributed by atoms with Gasteiger partial charge in [0.2, 0.25) is 0 Å². The minimum atomic E-state index is -0.473. The van der Waals surface area contributed by atoms with Crippen LogP contribution in [0.25, 0.3) is 6.08 Å². The van der Waals surface area contributed by atoms with Crippen molar-refractivity contribution in [1.82, 2.24) is 0 Å². The van der Waals surface area contributed by atoms with E-state index in [0.717, 1.165) is 16.9 Å². The van der Waals surface area contributed by atoms with Gasteiger partial charge in [0.15, 0.2) is 0 Å². The highest BCUT2D eigenvalue weighted by atomic mass is 16.7. The summed E-state index contributed by atoms with van der Waals surface area (Å²) in [4.78, 5) is 0. The Morgan fingerprint density at radius 2 is 1.88 bits per heavy atom. The molecule has 0 saturated heterocycles. The van der Waals surface area contributed by atoms with Gasteiger partial charge in [-0.25, -0.2) is 0 Å². The van der Waals surface area contributed by atoms with E-state index < -0.39 is 6.10 Å². The first-order valence-corrected chi connectivity index (χ1v) is 8.36. The van der Waals surface area contributed by atoms with E-state index in [0.29, 0.717) is 32.7 Å². The van der Waals surface area contributed by atoms with E-state index in [1.807, 2.05) is 49.4 Å². The predicted molar refractivity (Wildman–Crippen MR) is 101 cm³/mol. The number of methoxy groups -OCH3 is 2. The number of hydrogen-bond acceptors (Lipinski definition) is 4. The zero-order valence-electron chi connectivity index (χ0n) is 15.3. The highest BCUT2D eigenvalue weighted by Gasteiger charge is 2.03. The lowest BCUT2D eigenvalue weighted by atomic mass is 10.1. The van der Waals surface area contributed by atoms with E-state index >= 15 is 0 Å². The van der Waals surface area contributed by atoms with Crippen molar-refractivity contribution >= 4 is 6.08 Å². The Hall–Kier alpha value is -2.06. The number of hydrogen-bond donors (Lipinski definition) is 1. The fourth-order valence-corrected chi connectivity index (χ4v) is 2.02. The maximum Gasteiger partial charge on any atom is 0.146 e. The maximum absolute atomic E-state index is 10.1. The molecule has 0 aromatic heterocycles. The second-order valence-electron chi connectivity index (χ2n) is 5.52. The Morgan fingerprint density at radius 1 is 1.16 bits per heavy atom. The molecule has 0 radical (unpaired) electrons. The SMILES string of the molecule is COCOCCC#CCCC(O)/C(C)=C\C=C\c1ccc(OC)cc1. The second kappa shape index (κ2) is 13.3. The van der Waals surface area contributed by atoms with Crippen molar-refractivity contribution in [2.45, 2.75) is 32.3 Å². The molecule has 4 nitrogen and oxygen atoms in total. The Morgan fingerprint density at radius 3 is 2.56 bits per heavy atom. The lowest BCUT2D eigenvalue weighted by Crippen LogP contribution is -2.07. The Labute approximate surface area is 151 Å². The van der Waals surface area contributed by atoms with Crippen LogP contribution in [0.5, 0.6) is 5.75 Å². The van der Waals surface area contributed by atoms with Crippen LogP contribution in [0.2, 0.25) is 0 Å². The minimum absolute atomic E-state index is 0.300. The molecule has 0 bridgehead atoms. The molecule has 1 aromatic carbocycles. The number of allylic oxidation sites excluding steroid dienone is 2. The molecule has 1 aromatic rings. The molecule has 1 atom stereocenters. The van der Waals surface area contributed by atoms with E-state index in [1.165, 1.54) is 0 Å². The van der Waals surface area contributed by atoms with Crippen molar-refractivity contribution < 1.29 is 19.3 Å². The van der Waals surface area contributed by atoms with Gasteiger partial charge in [0.25, 0.3) is 0 Å². The standard InChI is InChI=1S/C21H28O4/c1-18(9-8-10-19-12-14-20(24-3)15-13-19)21(22)11-6-4-5-7-16-25-17-23-2/h8-10,12-15,21-22H,6-7,11,16-17H2,1-3H3/b10-8+,18-9-. The molecule has 0 aliphatic carbocycles. The summed E-state index contributed by atoms with van der Waals surface area (Å²) in [6, 6.07) is 7.82. The number of benzene rings is 1. The van der Waals surface area contributed by atoms with E-state index in [2.05, 4.69) is 11.8 Å². The molecule has 0 amide bonds. The van der Waals surface area contributed by atoms with Crippen molar-refractivity contribution in [1.29, 1.82) is 0 Å². The first-order chi connectivity index (χ1) is 12.2. The quantitative estimate of drug-likeness (QED) is 0.303. The first kappa shape index (κ1) is 21.0. The zero-order valence-corrected chi connectivity index (χ0v) is 15.3. The molecule has 0 aliphatic rings. The van der Waals surface area contributed by atoms with Gasteiger partial charge < -0.3 is 19.3 Å². The topological polar surface area (TPSA) is 47.9 Å². The van der Waals surface area contributed by atoms with Crippen LogP contribution in [-0.4, -0.2) is 38.8 Å². The van der Waals surface area contributed by atoms with Gasteiger partial charge in [-0.15, -0.1) is 11.8 Å². The third-order valence-electron chi connectivity index (χ3n) is 3.53. The molecule has 0 spiro atoms. The van der Waals surface area contributed by atoms with Crippen LogP contribution in [-0.2, 0) is 9.47 Å². The predicted octanol–water partition coefficient (Wildman–Crippen LogP) is 3.81. The van der Waals surface area contributed by atoms with E-state index in [4.69, 9.17) is 14.2 Å². The van der Waals surface area contributed by atoms with E-state index in [1.54, 1.807) is 14.2 Å². The Balaban J connectivity index is 2.32. The summed E-state index contributed by atoms with van der Waals surface area (Å²) in [7, 11) is 3.24. The molecule has 1 unspecified atom stereocenters. The molecular formula is C21H28O4. The van der Waals surface area contributed by atoms with Crippen molar-refractivity contribution in [3.8, 4) is 17.6 Å². The van der Waals surface area contributed by atoms with Crippen LogP contribution in [0.3, 0.4) is 0 Å². The number of ether oxygens (including phenoxy) is 3. The summed E-state index contributed by atoms with van der Waals surface area (Å²) >= 11 is 0. The third kappa shape index (κ3) is 9.73. The molecular weight excluding hydrogens is 316 g/mol. The number of aliphatic hydroxyl groups excluding tert-OH is 1. The van der Waals surface area contributed by atoms with Gasteiger partial charge in [-0.05, 0) is 36.6 Å². The lowest BCUT2D eigenvalue weighted by molar-refractivity contribution is -0.0281. The molecule has 4 heteroatoms. The molecule has 0 heterocycles. The van der Waals surface area contributed by atoms with Crippen molar-refractivity contribution in [3.63, 3.8) is 0 Å². The van der Waals surface area contributed by atoms with E-state index in [9.17, 15) is 5.11 Å². The fourth-order valence-electron chi connectivity index (χ4n) is 2.02. The summed E-state index contributed by atoms with van der Waals surface area (Å²) < 4.78 is 15.1. The monoisotopic (exact) mass is 344 g/mol. The van der Waals surface area contributed by atoms with Crippen molar-refractivity contribution in [2.24, 2.45) is 0 Å². The van der Waals surface area contributed by atoms with Gasteiger partial charge in [-0.1, -0.05) is 30.4 Å². The Bertz CT molecular complexity index is 591. The van der Waals surface area contributed by atoms with Crippen molar-refractivity contribution in [2.75, 3.05) is 27.6 Å². The van der Waals surface area contributed by atoms with E-state index in [-0.39, 0.29) is 0 Å². The zero-order chi connectivity index (χ0) is 18.3. The molecule has 0 saturated carbocycles. The normalized spacial score (nSPS) is 12.7. The summed E-state index contributed by atoms with van der Waals surface area (Å²) in [6.45, 7) is 2.79. The molecule has 0 aliphatic heterocycles. The Kier molecular flexibility index (Phi) is 11.1. The van der Waals surface area contributed by atoms with Gasteiger partial charge in [-0.3, -0.25) is 0 Å². The number of rotatable bonds is 10. The minimum Gasteiger partial charge on any atom is -0.497 e. The second-order valence-corrected chi connectivity index (χ2v) is 5.52. The highest BCUT2D eigenvalue weighted by Crippen LogP contribution is 2.13. The molecule has 1 N–H and O–H groups in total. The molecule has 1 rings (SSSR count). The molecule has 25 heavy (non-hydrogen) atoms. The molecule has 0 fully saturated rings. The van der Waals surface area contributed by atoms with Crippen LogP contribution >= 0.6 is 0 Å². The fraction of sp³-hybridized carbons (Fsp3) is 0.429. The van der Waals surface area contributed by atoms with Gasteiger partial charge >= 0.3 is 0 Å². The summed E-state index contributed by atoms with van der Waals surface area (Å²) in [6.07, 6.45) is 7.37. The number of aliphatic hydroxyl groups is 1. The first-order valence-electron chi connectivity index (χ1n) is 8.36. The van der Waals surface area contributed by atoms with Crippen LogP contribution in [0, 0.1) is 11.8 Å². The third-order valence-corrected chi connectivity index (χ3v) is 3.53. The van der Waals surface area contributed by atoms with Crippen LogP contribution < -0.4 is 4.74 Å². The smallest absolute Gasteiger partial charge is 0.146 e. The van der Waals surface area contributed by atoms with Gasteiger partial charge in [-0.2, -0.15) is 0 Å². The highest BCUT2D eigenvalue weighted by molar-refractivity contribution is 5.52. The average Bonchev–Trinajstić information content (AvgIpc) is 2.64. The van der Waals surface area contributed by atoms with Gasteiger partial charge in [0, 0.05) is 20.0 Å². The van der Waals surface area contributed by atoms with Crippen LogP contribution in [0.15, 0.2) is 42.0 Å². The average molecular weight is 344 g/mol. The lowest BCUT2D eigenvalue weighted by Gasteiger charge is -2.08. The van der Waals surface area contributed by atoms with Crippen molar-refractivity contribution in [3.05, 3.63) is 47.6 Å². The van der Waals surface area contributed by atoms with Gasteiger partial charge in [0.05, 0.1) is 19.8 Å². The largest absolute Gasteiger partial charge is 0.497 e. The summed E-state index contributed by atoms with van der Waals surface area (Å²) in [5, 5.41) is 10.1. The summed E-state index contributed by atoms with van der Waals surface area (Å²) in [5.74, 6) is 6.92. The van der Waals surface area contributed by atoms with Crippen LogP contribution in [0.1, 0.15) is 31.7 Å².